The molecule has 132 valence electrons. The van der Waals surface area contributed by atoms with E-state index in [1.807, 2.05) is 55.1 Å². The molecule has 1 aliphatic heterocycles. The molecular formula is C18H24N6O. The summed E-state index contributed by atoms with van der Waals surface area (Å²) in [4.78, 5) is 23.1. The molecule has 1 aliphatic rings. The van der Waals surface area contributed by atoms with Crippen molar-refractivity contribution in [2.75, 3.05) is 50.1 Å². The number of nitrogens with zero attached hydrogens (tertiary/aromatic N) is 6. The molecule has 0 aromatic carbocycles. The van der Waals surface area contributed by atoms with E-state index in [1.54, 1.807) is 6.20 Å². The summed E-state index contributed by atoms with van der Waals surface area (Å²) in [6.45, 7) is 4.97. The molecule has 1 amide bonds. The summed E-state index contributed by atoms with van der Waals surface area (Å²) in [5, 5.41) is 8.38. The zero-order valence-corrected chi connectivity index (χ0v) is 15.0. The maximum Gasteiger partial charge on any atom is 0.255 e. The zero-order valence-electron chi connectivity index (χ0n) is 15.0. The minimum Gasteiger partial charge on any atom is -0.363 e. The molecule has 0 unspecified atom stereocenters. The first kappa shape index (κ1) is 17.1. The van der Waals surface area contributed by atoms with Crippen LogP contribution in [0.5, 0.6) is 0 Å². The summed E-state index contributed by atoms with van der Waals surface area (Å²) in [6.07, 6.45) is 2.57. The van der Waals surface area contributed by atoms with Crippen molar-refractivity contribution in [1.82, 2.24) is 20.1 Å². The summed E-state index contributed by atoms with van der Waals surface area (Å²) in [7, 11) is 3.86. The maximum atomic E-state index is 12.7. The molecule has 7 nitrogen and oxygen atoms in total. The molecule has 0 aliphatic carbocycles. The Labute approximate surface area is 148 Å². The van der Waals surface area contributed by atoms with Crippen molar-refractivity contribution in [3.63, 3.8) is 0 Å². The van der Waals surface area contributed by atoms with E-state index in [2.05, 4.69) is 20.1 Å². The average molecular weight is 340 g/mol. The third-order valence-electron chi connectivity index (χ3n) is 4.34. The lowest BCUT2D eigenvalue weighted by Gasteiger charge is -2.22. The van der Waals surface area contributed by atoms with Gasteiger partial charge in [0.25, 0.3) is 5.91 Å². The van der Waals surface area contributed by atoms with E-state index < -0.39 is 0 Å². The number of aromatic nitrogens is 3. The smallest absolute Gasteiger partial charge is 0.255 e. The second kappa shape index (κ2) is 7.46. The van der Waals surface area contributed by atoms with Gasteiger partial charge in [0, 0.05) is 46.5 Å². The summed E-state index contributed by atoms with van der Waals surface area (Å²) in [5.41, 5.74) is 1.54. The van der Waals surface area contributed by atoms with Crippen molar-refractivity contribution in [3.8, 4) is 0 Å². The largest absolute Gasteiger partial charge is 0.363 e. The molecule has 3 rings (SSSR count). The summed E-state index contributed by atoms with van der Waals surface area (Å²) < 4.78 is 0. The van der Waals surface area contributed by atoms with E-state index in [4.69, 9.17) is 0 Å². The number of rotatable bonds is 3. The Morgan fingerprint density at radius 1 is 1.04 bits per heavy atom. The number of carbonyl (C=O) groups is 1. The topological polar surface area (TPSA) is 65.5 Å². The number of amides is 1. The fourth-order valence-corrected chi connectivity index (χ4v) is 2.87. The van der Waals surface area contributed by atoms with Crippen molar-refractivity contribution in [2.24, 2.45) is 0 Å². The first-order valence-electron chi connectivity index (χ1n) is 8.52. The fourth-order valence-electron chi connectivity index (χ4n) is 2.87. The van der Waals surface area contributed by atoms with Gasteiger partial charge in [-0.2, -0.15) is 5.10 Å². The van der Waals surface area contributed by atoms with Crippen LogP contribution in [0.3, 0.4) is 0 Å². The molecule has 25 heavy (non-hydrogen) atoms. The average Bonchev–Trinajstić information content (AvgIpc) is 2.88. The van der Waals surface area contributed by atoms with Gasteiger partial charge in [0.05, 0.1) is 11.3 Å². The quantitative estimate of drug-likeness (QED) is 0.846. The summed E-state index contributed by atoms with van der Waals surface area (Å²) >= 11 is 0. The van der Waals surface area contributed by atoms with E-state index in [0.717, 1.165) is 43.4 Å². The van der Waals surface area contributed by atoms with Gasteiger partial charge < -0.3 is 14.7 Å². The van der Waals surface area contributed by atoms with Crippen LogP contribution in [0, 0.1) is 6.92 Å². The van der Waals surface area contributed by atoms with Gasteiger partial charge in [-0.05, 0) is 37.6 Å². The number of hydrogen-bond acceptors (Lipinski definition) is 6. The van der Waals surface area contributed by atoms with E-state index in [1.165, 1.54) is 0 Å². The van der Waals surface area contributed by atoms with Gasteiger partial charge in [-0.3, -0.25) is 4.79 Å². The highest BCUT2D eigenvalue weighted by molar-refractivity contribution is 5.94. The molecule has 0 bridgehead atoms. The standard InChI is InChI=1S/C18H24N6O/c1-14-5-7-17(21-20-14)23-9-4-10-24(12-11-23)18(25)15-6-8-16(19-13-15)22(2)3/h5-8,13H,4,9-12H2,1-3H3. The van der Waals surface area contributed by atoms with E-state index in [9.17, 15) is 4.79 Å². The van der Waals surface area contributed by atoms with Gasteiger partial charge in [0.1, 0.15) is 5.82 Å². The molecule has 2 aromatic heterocycles. The van der Waals surface area contributed by atoms with E-state index in [0.29, 0.717) is 12.1 Å². The Morgan fingerprint density at radius 2 is 1.88 bits per heavy atom. The van der Waals surface area contributed by atoms with Gasteiger partial charge in [0.15, 0.2) is 5.82 Å². The van der Waals surface area contributed by atoms with Gasteiger partial charge in [-0.15, -0.1) is 5.10 Å². The predicted octanol–water partition coefficient (Wildman–Crippen LogP) is 1.60. The Kier molecular flexibility index (Phi) is 5.11. The van der Waals surface area contributed by atoms with E-state index >= 15 is 0 Å². The van der Waals surface area contributed by atoms with Crippen LogP contribution in [0.4, 0.5) is 11.6 Å². The van der Waals surface area contributed by atoms with Crippen LogP contribution in [0.2, 0.25) is 0 Å². The lowest BCUT2D eigenvalue weighted by atomic mass is 10.2. The van der Waals surface area contributed by atoms with Gasteiger partial charge in [0.2, 0.25) is 0 Å². The minimum absolute atomic E-state index is 0.0367. The van der Waals surface area contributed by atoms with Crippen LogP contribution >= 0.6 is 0 Å². The molecule has 2 aromatic rings. The van der Waals surface area contributed by atoms with Crippen LogP contribution in [0.25, 0.3) is 0 Å². The number of pyridine rings is 1. The second-order valence-electron chi connectivity index (χ2n) is 6.47. The molecule has 0 saturated carbocycles. The van der Waals surface area contributed by atoms with Crippen LogP contribution < -0.4 is 9.80 Å². The van der Waals surface area contributed by atoms with Crippen molar-refractivity contribution < 1.29 is 4.79 Å². The SMILES string of the molecule is Cc1ccc(N2CCCN(C(=O)c3ccc(N(C)C)nc3)CC2)nn1. The Balaban J connectivity index is 1.65. The normalized spacial score (nSPS) is 15.0. The molecule has 0 radical (unpaired) electrons. The van der Waals surface area contributed by atoms with Crippen molar-refractivity contribution in [1.29, 1.82) is 0 Å². The number of carbonyl (C=O) groups excluding carboxylic acids is 1. The molecule has 0 spiro atoms. The van der Waals surface area contributed by atoms with Crippen molar-refractivity contribution in [2.45, 2.75) is 13.3 Å². The lowest BCUT2D eigenvalue weighted by Crippen LogP contribution is -2.35. The molecule has 0 N–H and O–H groups in total. The molecule has 3 heterocycles. The Morgan fingerprint density at radius 3 is 2.52 bits per heavy atom. The summed E-state index contributed by atoms with van der Waals surface area (Å²) in [5.74, 6) is 1.75. The lowest BCUT2D eigenvalue weighted by molar-refractivity contribution is 0.0766. The molecule has 7 heteroatoms. The van der Waals surface area contributed by atoms with Crippen molar-refractivity contribution >= 4 is 17.5 Å². The third kappa shape index (κ3) is 4.04. The zero-order chi connectivity index (χ0) is 17.8. The monoisotopic (exact) mass is 340 g/mol. The molecule has 1 saturated heterocycles. The third-order valence-corrected chi connectivity index (χ3v) is 4.34. The first-order valence-corrected chi connectivity index (χ1v) is 8.52. The van der Waals surface area contributed by atoms with Gasteiger partial charge in [-0.25, -0.2) is 4.98 Å². The van der Waals surface area contributed by atoms with Crippen LogP contribution in [-0.4, -0.2) is 66.3 Å². The molecular weight excluding hydrogens is 316 g/mol. The summed E-state index contributed by atoms with van der Waals surface area (Å²) in [6, 6.07) is 7.68. The number of aryl methyl sites for hydroxylation is 1. The van der Waals surface area contributed by atoms with Gasteiger partial charge in [-0.1, -0.05) is 0 Å². The Bertz CT molecular complexity index is 713. The van der Waals surface area contributed by atoms with Crippen LogP contribution in [-0.2, 0) is 0 Å². The highest BCUT2D eigenvalue weighted by Crippen LogP contribution is 2.15. The second-order valence-corrected chi connectivity index (χ2v) is 6.47. The fraction of sp³-hybridized carbons (Fsp3) is 0.444. The highest BCUT2D eigenvalue weighted by Gasteiger charge is 2.21. The molecule has 0 atom stereocenters. The van der Waals surface area contributed by atoms with Crippen LogP contribution in [0.15, 0.2) is 30.5 Å². The number of hydrogen-bond donors (Lipinski definition) is 0. The van der Waals surface area contributed by atoms with Gasteiger partial charge >= 0.3 is 0 Å². The maximum absolute atomic E-state index is 12.7. The predicted molar refractivity (Wildman–Crippen MR) is 98.1 cm³/mol. The molecule has 1 fully saturated rings. The highest BCUT2D eigenvalue weighted by atomic mass is 16.2. The van der Waals surface area contributed by atoms with E-state index in [-0.39, 0.29) is 5.91 Å². The minimum atomic E-state index is 0.0367. The van der Waals surface area contributed by atoms with Crippen molar-refractivity contribution in [3.05, 3.63) is 41.7 Å². The first-order chi connectivity index (χ1) is 12.0. The Hall–Kier alpha value is -2.70. The van der Waals surface area contributed by atoms with Crippen LogP contribution in [0.1, 0.15) is 22.5 Å². The number of anilines is 2.